The third-order valence-corrected chi connectivity index (χ3v) is 3.17. The number of rotatable bonds is 6. The number of allylic oxidation sites excluding steroid dienone is 2. The van der Waals surface area contributed by atoms with Crippen LogP contribution in [0.15, 0.2) is 12.2 Å². The molecule has 1 aliphatic carbocycles. The minimum absolute atomic E-state index is 0.240. The normalized spacial score (nSPS) is 21.7. The molecule has 1 amide bonds. The predicted molar refractivity (Wildman–Crippen MR) is 67.2 cm³/mol. The van der Waals surface area contributed by atoms with Crippen molar-refractivity contribution in [3.63, 3.8) is 0 Å². The summed E-state index contributed by atoms with van der Waals surface area (Å²) in [4.78, 5) is 33.8. The number of methoxy groups -OCH3 is 1. The molecule has 1 aliphatic rings. The molecule has 106 valence electrons. The first-order chi connectivity index (χ1) is 9.06. The van der Waals surface area contributed by atoms with Crippen LogP contribution in [-0.4, -0.2) is 36.6 Å². The summed E-state index contributed by atoms with van der Waals surface area (Å²) in [6.07, 6.45) is 5.18. The van der Waals surface area contributed by atoms with Gasteiger partial charge in [-0.3, -0.25) is 14.4 Å². The number of carbonyl (C=O) groups excluding carboxylic acids is 2. The van der Waals surface area contributed by atoms with E-state index in [2.05, 4.69) is 10.1 Å². The highest BCUT2D eigenvalue weighted by Crippen LogP contribution is 2.25. The molecule has 2 atom stereocenters. The average molecular weight is 269 g/mol. The predicted octanol–water partition coefficient (Wildman–Crippen LogP) is 0.723. The number of carbonyl (C=O) groups is 3. The Labute approximate surface area is 111 Å². The summed E-state index contributed by atoms with van der Waals surface area (Å²) in [5, 5.41) is 11.7. The van der Waals surface area contributed by atoms with E-state index in [1.165, 1.54) is 7.11 Å². The fraction of sp³-hybridized carbons (Fsp3) is 0.615. The molecule has 19 heavy (non-hydrogen) atoms. The van der Waals surface area contributed by atoms with E-state index in [1.807, 2.05) is 6.08 Å². The summed E-state index contributed by atoms with van der Waals surface area (Å²) in [6, 6.07) is 0. The Morgan fingerprint density at radius 3 is 2.47 bits per heavy atom. The van der Waals surface area contributed by atoms with Gasteiger partial charge in [-0.15, -0.1) is 0 Å². The number of ether oxygens (including phenoxy) is 1. The second-order valence-electron chi connectivity index (χ2n) is 4.46. The SMILES string of the molecule is COC(=O)CCCNC(=O)[C@@H]1CC=CC[C@@H]1C(=O)O. The highest BCUT2D eigenvalue weighted by molar-refractivity contribution is 5.85. The number of amides is 1. The van der Waals surface area contributed by atoms with Crippen molar-refractivity contribution >= 4 is 17.8 Å². The van der Waals surface area contributed by atoms with Gasteiger partial charge in [-0.25, -0.2) is 0 Å². The molecule has 0 aromatic carbocycles. The Morgan fingerprint density at radius 2 is 1.89 bits per heavy atom. The Bertz CT molecular complexity index is 377. The highest BCUT2D eigenvalue weighted by atomic mass is 16.5. The number of hydrogen-bond donors (Lipinski definition) is 2. The van der Waals surface area contributed by atoms with Gasteiger partial charge < -0.3 is 15.2 Å². The van der Waals surface area contributed by atoms with Crippen molar-refractivity contribution in [2.24, 2.45) is 11.8 Å². The van der Waals surface area contributed by atoms with E-state index in [-0.39, 0.29) is 18.3 Å². The molecule has 0 aliphatic heterocycles. The zero-order chi connectivity index (χ0) is 14.3. The molecule has 0 bridgehead atoms. The zero-order valence-electron chi connectivity index (χ0n) is 10.9. The summed E-state index contributed by atoms with van der Waals surface area (Å²) in [6.45, 7) is 0.348. The van der Waals surface area contributed by atoms with Gasteiger partial charge in [0.1, 0.15) is 0 Å². The lowest BCUT2D eigenvalue weighted by molar-refractivity contribution is -0.147. The molecule has 2 N–H and O–H groups in total. The Kier molecular flexibility index (Phi) is 6.05. The molecule has 0 fully saturated rings. The van der Waals surface area contributed by atoms with Gasteiger partial charge >= 0.3 is 11.9 Å². The minimum atomic E-state index is -0.945. The van der Waals surface area contributed by atoms with Crippen molar-refractivity contribution in [2.45, 2.75) is 25.7 Å². The fourth-order valence-corrected chi connectivity index (χ4v) is 2.05. The van der Waals surface area contributed by atoms with E-state index in [0.717, 1.165) is 0 Å². The maximum absolute atomic E-state index is 11.9. The topological polar surface area (TPSA) is 92.7 Å². The minimum Gasteiger partial charge on any atom is -0.481 e. The number of carboxylic acids is 1. The van der Waals surface area contributed by atoms with Crippen LogP contribution in [0.4, 0.5) is 0 Å². The molecule has 6 heteroatoms. The van der Waals surface area contributed by atoms with Crippen molar-refractivity contribution in [2.75, 3.05) is 13.7 Å². The van der Waals surface area contributed by atoms with Crippen molar-refractivity contribution in [3.8, 4) is 0 Å². The van der Waals surface area contributed by atoms with Gasteiger partial charge in [0.25, 0.3) is 0 Å². The zero-order valence-corrected chi connectivity index (χ0v) is 10.9. The monoisotopic (exact) mass is 269 g/mol. The molecule has 0 spiro atoms. The van der Waals surface area contributed by atoms with Crippen LogP contribution in [-0.2, 0) is 19.1 Å². The first-order valence-corrected chi connectivity index (χ1v) is 6.28. The molecule has 1 rings (SSSR count). The molecule has 0 unspecified atom stereocenters. The molecule has 0 radical (unpaired) electrons. The number of hydrogen-bond acceptors (Lipinski definition) is 4. The Balaban J connectivity index is 2.37. The van der Waals surface area contributed by atoms with Gasteiger partial charge in [0, 0.05) is 13.0 Å². The maximum Gasteiger partial charge on any atom is 0.307 e. The van der Waals surface area contributed by atoms with Crippen molar-refractivity contribution in [1.29, 1.82) is 0 Å². The van der Waals surface area contributed by atoms with Crippen LogP contribution in [0.5, 0.6) is 0 Å². The standard InChI is InChI=1S/C13H19NO5/c1-19-11(15)7-4-8-14-12(16)9-5-2-3-6-10(9)13(17)18/h2-3,9-10H,4-8H2,1H3,(H,14,16)(H,17,18)/t9-,10+/m1/s1. The van der Waals surface area contributed by atoms with Crippen LogP contribution in [0, 0.1) is 11.8 Å². The van der Waals surface area contributed by atoms with Gasteiger partial charge in [-0.05, 0) is 19.3 Å². The number of carboxylic acid groups (broad SMARTS) is 1. The molecular formula is C13H19NO5. The van der Waals surface area contributed by atoms with Gasteiger partial charge in [0.15, 0.2) is 0 Å². The highest BCUT2D eigenvalue weighted by Gasteiger charge is 2.33. The van der Waals surface area contributed by atoms with Gasteiger partial charge in [-0.2, -0.15) is 0 Å². The second kappa shape index (κ2) is 7.56. The van der Waals surface area contributed by atoms with Gasteiger partial charge in [0.2, 0.25) is 5.91 Å². The van der Waals surface area contributed by atoms with E-state index >= 15 is 0 Å². The van der Waals surface area contributed by atoms with E-state index in [1.54, 1.807) is 6.08 Å². The van der Waals surface area contributed by atoms with E-state index in [9.17, 15) is 14.4 Å². The Hall–Kier alpha value is -1.85. The summed E-state index contributed by atoms with van der Waals surface area (Å²) in [7, 11) is 1.31. The van der Waals surface area contributed by atoms with E-state index < -0.39 is 17.8 Å². The smallest absolute Gasteiger partial charge is 0.307 e. The third kappa shape index (κ3) is 4.73. The van der Waals surface area contributed by atoms with E-state index in [4.69, 9.17) is 5.11 Å². The summed E-state index contributed by atoms with van der Waals surface area (Å²) >= 11 is 0. The number of nitrogens with one attached hydrogen (secondary N) is 1. The lowest BCUT2D eigenvalue weighted by Gasteiger charge is -2.24. The maximum atomic E-state index is 11.9. The number of aliphatic carboxylic acids is 1. The summed E-state index contributed by atoms with van der Waals surface area (Å²) < 4.78 is 4.48. The van der Waals surface area contributed by atoms with Crippen LogP contribution >= 0.6 is 0 Å². The molecule has 0 aromatic rings. The molecular weight excluding hydrogens is 250 g/mol. The Morgan fingerprint density at radius 1 is 1.26 bits per heavy atom. The molecule has 0 saturated heterocycles. The van der Waals surface area contributed by atoms with Crippen molar-refractivity contribution < 1.29 is 24.2 Å². The average Bonchev–Trinajstić information content (AvgIpc) is 2.42. The lowest BCUT2D eigenvalue weighted by Crippen LogP contribution is -2.39. The van der Waals surface area contributed by atoms with Crippen LogP contribution in [0.25, 0.3) is 0 Å². The van der Waals surface area contributed by atoms with Crippen molar-refractivity contribution in [1.82, 2.24) is 5.32 Å². The third-order valence-electron chi connectivity index (χ3n) is 3.17. The molecule has 6 nitrogen and oxygen atoms in total. The molecule has 0 heterocycles. The van der Waals surface area contributed by atoms with Crippen LogP contribution in [0.3, 0.4) is 0 Å². The van der Waals surface area contributed by atoms with Crippen LogP contribution in [0.2, 0.25) is 0 Å². The van der Waals surface area contributed by atoms with Gasteiger partial charge in [0.05, 0.1) is 18.9 Å². The molecule has 0 aromatic heterocycles. The summed E-state index contributed by atoms with van der Waals surface area (Å²) in [5.41, 5.74) is 0. The fourth-order valence-electron chi connectivity index (χ4n) is 2.05. The van der Waals surface area contributed by atoms with Crippen molar-refractivity contribution in [3.05, 3.63) is 12.2 Å². The largest absolute Gasteiger partial charge is 0.481 e. The quantitative estimate of drug-likeness (QED) is 0.421. The van der Waals surface area contributed by atoms with Crippen LogP contribution in [0.1, 0.15) is 25.7 Å². The lowest BCUT2D eigenvalue weighted by atomic mass is 9.82. The van der Waals surface area contributed by atoms with Gasteiger partial charge in [-0.1, -0.05) is 12.2 Å². The summed E-state index contributed by atoms with van der Waals surface area (Å²) in [5.74, 6) is -2.72. The number of esters is 1. The molecule has 0 saturated carbocycles. The first kappa shape index (κ1) is 15.2. The first-order valence-electron chi connectivity index (χ1n) is 6.28. The second-order valence-corrected chi connectivity index (χ2v) is 4.46. The van der Waals surface area contributed by atoms with Crippen LogP contribution < -0.4 is 5.32 Å². The van der Waals surface area contributed by atoms with E-state index in [0.29, 0.717) is 25.8 Å².